The van der Waals surface area contributed by atoms with Crippen LogP contribution in [0.2, 0.25) is 0 Å². The lowest BCUT2D eigenvalue weighted by Crippen LogP contribution is -2.48. The SMILES string of the molecule is NCCC(=O)N(CCc1c[nH]c2ccccc12)C(C(=O)NC1CCCCC1)c1cccc(Br)c1. The van der Waals surface area contributed by atoms with Crippen molar-refractivity contribution in [2.24, 2.45) is 5.73 Å². The van der Waals surface area contributed by atoms with Crippen LogP contribution in [0.5, 0.6) is 0 Å². The monoisotopic (exact) mass is 524 g/mol. The minimum Gasteiger partial charge on any atom is -0.361 e. The Morgan fingerprint density at radius 2 is 1.91 bits per heavy atom. The molecule has 34 heavy (non-hydrogen) atoms. The molecule has 1 saturated carbocycles. The Bertz CT molecular complexity index is 1120. The summed E-state index contributed by atoms with van der Waals surface area (Å²) < 4.78 is 0.878. The van der Waals surface area contributed by atoms with Gasteiger partial charge in [0.2, 0.25) is 11.8 Å². The van der Waals surface area contributed by atoms with Gasteiger partial charge in [0.15, 0.2) is 0 Å². The molecule has 1 aliphatic rings. The molecule has 0 radical (unpaired) electrons. The lowest BCUT2D eigenvalue weighted by atomic mass is 9.94. The van der Waals surface area contributed by atoms with Gasteiger partial charge >= 0.3 is 0 Å². The zero-order chi connectivity index (χ0) is 23.9. The third-order valence-electron chi connectivity index (χ3n) is 6.65. The lowest BCUT2D eigenvalue weighted by molar-refractivity contribution is -0.141. The molecule has 2 aromatic carbocycles. The quantitative estimate of drug-likeness (QED) is 0.374. The molecule has 4 rings (SSSR count). The number of para-hydroxylation sites is 1. The van der Waals surface area contributed by atoms with E-state index in [0.717, 1.165) is 52.2 Å². The van der Waals surface area contributed by atoms with Crippen LogP contribution in [0.25, 0.3) is 10.9 Å². The van der Waals surface area contributed by atoms with Crippen molar-refractivity contribution < 1.29 is 9.59 Å². The van der Waals surface area contributed by atoms with Crippen molar-refractivity contribution in [3.8, 4) is 0 Å². The zero-order valence-electron chi connectivity index (χ0n) is 19.4. The lowest BCUT2D eigenvalue weighted by Gasteiger charge is -2.33. The number of carbonyl (C=O) groups excluding carboxylic acids is 2. The molecule has 0 bridgehead atoms. The summed E-state index contributed by atoms with van der Waals surface area (Å²) in [6.07, 6.45) is 8.29. The molecule has 1 heterocycles. The number of hydrogen-bond donors (Lipinski definition) is 3. The van der Waals surface area contributed by atoms with E-state index in [2.05, 4.69) is 32.3 Å². The molecule has 0 spiro atoms. The van der Waals surface area contributed by atoms with Crippen molar-refractivity contribution in [2.75, 3.05) is 13.1 Å². The summed E-state index contributed by atoms with van der Waals surface area (Å²) in [5.74, 6) is -0.222. The standard InChI is InChI=1S/C27H33BrN4O2/c28-21-8-6-7-19(17-21)26(27(34)31-22-9-2-1-3-10-22)32(25(33)13-15-29)16-14-20-18-30-24-12-5-4-11-23(20)24/h4-8,11-12,17-18,22,26,30H,1-3,9-10,13-16,29H2,(H,31,34). The highest BCUT2D eigenvalue weighted by molar-refractivity contribution is 9.10. The smallest absolute Gasteiger partial charge is 0.247 e. The average molecular weight is 525 g/mol. The Balaban J connectivity index is 1.63. The molecule has 2 amide bonds. The van der Waals surface area contributed by atoms with E-state index in [1.54, 1.807) is 4.90 Å². The summed E-state index contributed by atoms with van der Waals surface area (Å²) in [4.78, 5) is 32.0. The molecule has 1 aromatic heterocycles. The van der Waals surface area contributed by atoms with Crippen LogP contribution in [0.3, 0.4) is 0 Å². The van der Waals surface area contributed by atoms with Gasteiger partial charge in [0.1, 0.15) is 6.04 Å². The molecule has 180 valence electrons. The molecule has 4 N–H and O–H groups in total. The van der Waals surface area contributed by atoms with Gasteiger partial charge in [0, 0.05) is 47.1 Å². The molecule has 6 nitrogen and oxygen atoms in total. The molecule has 1 aliphatic carbocycles. The number of hydrogen-bond acceptors (Lipinski definition) is 3. The number of H-pyrrole nitrogens is 1. The molecule has 3 aromatic rings. The van der Waals surface area contributed by atoms with Crippen LogP contribution in [0.1, 0.15) is 55.7 Å². The van der Waals surface area contributed by atoms with Gasteiger partial charge in [-0.3, -0.25) is 9.59 Å². The van der Waals surface area contributed by atoms with Crippen LogP contribution in [0, 0.1) is 0 Å². The molecule has 0 aliphatic heterocycles. The topological polar surface area (TPSA) is 91.2 Å². The number of nitrogens with zero attached hydrogens (tertiary/aromatic N) is 1. The second-order valence-electron chi connectivity index (χ2n) is 9.04. The van der Waals surface area contributed by atoms with Crippen molar-refractivity contribution in [1.82, 2.24) is 15.2 Å². The van der Waals surface area contributed by atoms with Crippen molar-refractivity contribution in [1.29, 1.82) is 0 Å². The zero-order valence-corrected chi connectivity index (χ0v) is 21.0. The Morgan fingerprint density at radius 3 is 2.68 bits per heavy atom. The molecular formula is C27H33BrN4O2. The maximum absolute atomic E-state index is 13.7. The van der Waals surface area contributed by atoms with Gasteiger partial charge in [-0.25, -0.2) is 0 Å². The van der Waals surface area contributed by atoms with Crippen LogP contribution < -0.4 is 11.1 Å². The highest BCUT2D eigenvalue weighted by Crippen LogP contribution is 2.28. The third kappa shape index (κ3) is 5.88. The predicted octanol–water partition coefficient (Wildman–Crippen LogP) is 4.84. The van der Waals surface area contributed by atoms with Crippen LogP contribution in [-0.2, 0) is 16.0 Å². The fraction of sp³-hybridized carbons (Fsp3) is 0.407. The fourth-order valence-corrected chi connectivity index (χ4v) is 5.34. The van der Waals surface area contributed by atoms with E-state index in [1.807, 2.05) is 48.7 Å². The van der Waals surface area contributed by atoms with Crippen LogP contribution in [-0.4, -0.2) is 40.8 Å². The minimum absolute atomic E-state index is 0.105. The molecular weight excluding hydrogens is 492 g/mol. The number of fused-ring (bicyclic) bond motifs is 1. The Labute approximate surface area is 209 Å². The summed E-state index contributed by atoms with van der Waals surface area (Å²) in [6.45, 7) is 0.674. The number of halogens is 1. The first kappa shape index (κ1) is 24.5. The van der Waals surface area contributed by atoms with Gasteiger partial charge in [-0.1, -0.05) is 65.5 Å². The molecule has 7 heteroatoms. The van der Waals surface area contributed by atoms with Gasteiger partial charge < -0.3 is 20.9 Å². The normalized spacial score (nSPS) is 15.2. The van der Waals surface area contributed by atoms with Gasteiger partial charge in [-0.05, 0) is 48.6 Å². The molecule has 0 saturated heterocycles. The van der Waals surface area contributed by atoms with Crippen LogP contribution in [0.4, 0.5) is 0 Å². The number of nitrogens with two attached hydrogens (primary N) is 1. The summed E-state index contributed by atoms with van der Waals surface area (Å²) in [5.41, 5.74) is 8.75. The number of benzene rings is 2. The summed E-state index contributed by atoms with van der Waals surface area (Å²) in [6, 6.07) is 15.3. The first-order valence-corrected chi connectivity index (χ1v) is 13.0. The Kier molecular flexibility index (Phi) is 8.40. The van der Waals surface area contributed by atoms with Crippen molar-refractivity contribution >= 4 is 38.6 Å². The number of rotatable bonds is 9. The minimum atomic E-state index is -0.705. The maximum Gasteiger partial charge on any atom is 0.247 e. The number of aromatic amines is 1. The molecule has 1 unspecified atom stereocenters. The van der Waals surface area contributed by atoms with Gasteiger partial charge in [0.25, 0.3) is 0 Å². The first-order valence-electron chi connectivity index (χ1n) is 12.2. The van der Waals surface area contributed by atoms with E-state index in [9.17, 15) is 9.59 Å². The highest BCUT2D eigenvalue weighted by Gasteiger charge is 2.32. The number of aromatic nitrogens is 1. The first-order chi connectivity index (χ1) is 16.6. The average Bonchev–Trinajstić information content (AvgIpc) is 3.25. The summed E-state index contributed by atoms with van der Waals surface area (Å²) >= 11 is 3.53. The van der Waals surface area contributed by atoms with E-state index < -0.39 is 6.04 Å². The van der Waals surface area contributed by atoms with Crippen molar-refractivity contribution in [2.45, 2.75) is 57.0 Å². The largest absolute Gasteiger partial charge is 0.361 e. The molecule has 1 fully saturated rings. The maximum atomic E-state index is 13.7. The predicted molar refractivity (Wildman–Crippen MR) is 139 cm³/mol. The van der Waals surface area contributed by atoms with E-state index in [4.69, 9.17) is 5.73 Å². The second-order valence-corrected chi connectivity index (χ2v) is 9.95. The van der Waals surface area contributed by atoms with Crippen LogP contribution in [0.15, 0.2) is 59.2 Å². The number of amides is 2. The fourth-order valence-electron chi connectivity index (χ4n) is 4.92. The van der Waals surface area contributed by atoms with E-state index >= 15 is 0 Å². The third-order valence-corrected chi connectivity index (χ3v) is 7.14. The summed E-state index contributed by atoms with van der Waals surface area (Å²) in [7, 11) is 0. The Hall–Kier alpha value is -2.64. The van der Waals surface area contributed by atoms with Gasteiger partial charge in [-0.2, -0.15) is 0 Å². The highest BCUT2D eigenvalue weighted by atomic mass is 79.9. The van der Waals surface area contributed by atoms with E-state index in [1.165, 1.54) is 6.42 Å². The van der Waals surface area contributed by atoms with E-state index in [0.29, 0.717) is 13.0 Å². The van der Waals surface area contributed by atoms with Gasteiger partial charge in [-0.15, -0.1) is 0 Å². The second kappa shape index (κ2) is 11.7. The van der Waals surface area contributed by atoms with Crippen molar-refractivity contribution in [3.63, 3.8) is 0 Å². The Morgan fingerprint density at radius 1 is 1.12 bits per heavy atom. The number of carbonyl (C=O) groups is 2. The van der Waals surface area contributed by atoms with Crippen LogP contribution >= 0.6 is 15.9 Å². The van der Waals surface area contributed by atoms with E-state index in [-0.39, 0.29) is 30.8 Å². The van der Waals surface area contributed by atoms with Crippen molar-refractivity contribution in [3.05, 3.63) is 70.3 Å². The number of nitrogens with one attached hydrogen (secondary N) is 2. The van der Waals surface area contributed by atoms with Gasteiger partial charge in [0.05, 0.1) is 0 Å². The summed E-state index contributed by atoms with van der Waals surface area (Å²) in [5, 5.41) is 4.39. The molecule has 1 atom stereocenters.